The van der Waals surface area contributed by atoms with Crippen LogP contribution in [-0.2, 0) is 11.2 Å². The van der Waals surface area contributed by atoms with Gasteiger partial charge in [0.25, 0.3) is 0 Å². The minimum absolute atomic E-state index is 0. The van der Waals surface area contributed by atoms with Crippen molar-refractivity contribution in [1.82, 2.24) is 10.6 Å². The Morgan fingerprint density at radius 1 is 1.32 bits per heavy atom. The molecule has 4 N–H and O–H groups in total. The Hall–Kier alpha value is -1.51. The van der Waals surface area contributed by atoms with Crippen molar-refractivity contribution in [3.05, 3.63) is 29.3 Å². The number of carbonyl (C=O) groups is 1. The first-order valence-corrected chi connectivity index (χ1v) is 8.25. The van der Waals surface area contributed by atoms with Crippen molar-refractivity contribution >= 4 is 35.8 Å². The number of rotatable bonds is 8. The van der Waals surface area contributed by atoms with Gasteiger partial charge < -0.3 is 21.1 Å². The Kier molecular flexibility index (Phi) is 10.5. The van der Waals surface area contributed by atoms with E-state index in [2.05, 4.69) is 28.6 Å². The van der Waals surface area contributed by atoms with Gasteiger partial charge >= 0.3 is 0 Å². The molecular formula is C18H31IN4O2. The van der Waals surface area contributed by atoms with E-state index in [1.54, 1.807) is 21.0 Å². The van der Waals surface area contributed by atoms with Crippen LogP contribution in [0.2, 0.25) is 0 Å². The highest BCUT2D eigenvalue weighted by molar-refractivity contribution is 14.0. The van der Waals surface area contributed by atoms with Crippen LogP contribution in [-0.4, -0.2) is 38.6 Å². The number of primary amides is 1. The fraction of sp³-hybridized carbons (Fsp3) is 0.556. The van der Waals surface area contributed by atoms with E-state index >= 15 is 0 Å². The number of aliphatic imine (C=N–C) groups is 1. The predicted molar refractivity (Wildman–Crippen MR) is 114 cm³/mol. The van der Waals surface area contributed by atoms with Gasteiger partial charge in [-0.05, 0) is 45.7 Å². The Bertz CT molecular complexity index is 588. The molecule has 0 unspecified atom stereocenters. The van der Waals surface area contributed by atoms with Gasteiger partial charge in [0.15, 0.2) is 5.96 Å². The molecule has 142 valence electrons. The average molecular weight is 462 g/mol. The largest absolute Gasteiger partial charge is 0.496 e. The molecule has 0 aliphatic rings. The maximum atomic E-state index is 11.4. The quantitative estimate of drug-likeness (QED) is 0.314. The number of nitrogens with zero attached hydrogens (tertiary/aromatic N) is 1. The van der Waals surface area contributed by atoms with Crippen LogP contribution in [0.4, 0.5) is 0 Å². The zero-order valence-corrected chi connectivity index (χ0v) is 18.1. The first-order valence-electron chi connectivity index (χ1n) is 8.25. The van der Waals surface area contributed by atoms with Crippen LogP contribution in [0.1, 0.15) is 31.9 Å². The number of ether oxygens (including phenoxy) is 1. The van der Waals surface area contributed by atoms with E-state index in [1.807, 2.05) is 19.1 Å². The summed E-state index contributed by atoms with van der Waals surface area (Å²) in [6.45, 7) is 9.44. The Morgan fingerprint density at radius 2 is 2.00 bits per heavy atom. The molecule has 0 atom stereocenters. The van der Waals surface area contributed by atoms with E-state index in [4.69, 9.17) is 10.5 Å². The summed E-state index contributed by atoms with van der Waals surface area (Å²) in [7, 11) is 1.68. The minimum Gasteiger partial charge on any atom is -0.496 e. The molecule has 0 fully saturated rings. The van der Waals surface area contributed by atoms with E-state index in [9.17, 15) is 4.79 Å². The van der Waals surface area contributed by atoms with Gasteiger partial charge in [-0.1, -0.05) is 17.7 Å². The molecule has 0 saturated carbocycles. The number of amides is 1. The number of halogens is 1. The summed E-state index contributed by atoms with van der Waals surface area (Å²) in [5, 5.41) is 6.46. The lowest BCUT2D eigenvalue weighted by molar-refractivity contribution is -0.125. The topological polar surface area (TPSA) is 88.7 Å². The second-order valence-electron chi connectivity index (χ2n) is 6.44. The van der Waals surface area contributed by atoms with E-state index in [-0.39, 0.29) is 29.9 Å². The number of methoxy groups -OCH3 is 1. The first-order chi connectivity index (χ1) is 11.3. The number of hydrogen-bond acceptors (Lipinski definition) is 3. The van der Waals surface area contributed by atoms with Gasteiger partial charge in [0, 0.05) is 13.1 Å². The zero-order chi connectivity index (χ0) is 18.2. The van der Waals surface area contributed by atoms with Crippen molar-refractivity contribution < 1.29 is 9.53 Å². The number of aryl methyl sites for hydroxylation is 1. The summed E-state index contributed by atoms with van der Waals surface area (Å²) < 4.78 is 5.40. The molecule has 1 aromatic carbocycles. The van der Waals surface area contributed by atoms with Crippen LogP contribution in [0.5, 0.6) is 5.75 Å². The van der Waals surface area contributed by atoms with Crippen LogP contribution >= 0.6 is 24.0 Å². The molecule has 0 aliphatic heterocycles. The lowest BCUT2D eigenvalue weighted by Crippen LogP contribution is -2.40. The van der Waals surface area contributed by atoms with Crippen molar-refractivity contribution in [2.45, 2.75) is 34.1 Å². The predicted octanol–water partition coefficient (Wildman–Crippen LogP) is 2.23. The Labute approximate surface area is 168 Å². The van der Waals surface area contributed by atoms with Crippen molar-refractivity contribution in [2.75, 3.05) is 26.7 Å². The molecule has 6 nitrogen and oxygen atoms in total. The maximum Gasteiger partial charge on any atom is 0.224 e. The number of nitrogens with two attached hydrogens (primary N) is 1. The number of benzene rings is 1. The lowest BCUT2D eigenvalue weighted by Gasteiger charge is -2.19. The van der Waals surface area contributed by atoms with Crippen LogP contribution in [0.3, 0.4) is 0 Å². The number of carbonyl (C=O) groups excluding carboxylic acids is 1. The molecule has 0 aromatic heterocycles. The van der Waals surface area contributed by atoms with E-state index in [0.717, 1.165) is 24.3 Å². The van der Waals surface area contributed by atoms with Gasteiger partial charge in [0.1, 0.15) is 5.75 Å². The normalized spacial score (nSPS) is 11.5. The third-order valence-corrected chi connectivity index (χ3v) is 3.77. The molecule has 0 aliphatic carbocycles. The fourth-order valence-electron chi connectivity index (χ4n) is 2.11. The van der Waals surface area contributed by atoms with Crippen molar-refractivity contribution in [3.63, 3.8) is 0 Å². The Balaban J connectivity index is 0.00000576. The molecule has 1 rings (SSSR count). The third kappa shape index (κ3) is 7.94. The molecule has 25 heavy (non-hydrogen) atoms. The van der Waals surface area contributed by atoms with Gasteiger partial charge in [-0.2, -0.15) is 0 Å². The molecule has 7 heteroatoms. The molecule has 1 aromatic rings. The van der Waals surface area contributed by atoms with Crippen LogP contribution < -0.4 is 21.1 Å². The van der Waals surface area contributed by atoms with E-state index < -0.39 is 5.41 Å². The number of nitrogens with one attached hydrogen (secondary N) is 2. The third-order valence-electron chi connectivity index (χ3n) is 3.77. The van der Waals surface area contributed by atoms with Crippen LogP contribution in [0.25, 0.3) is 0 Å². The van der Waals surface area contributed by atoms with E-state index in [1.165, 1.54) is 5.56 Å². The van der Waals surface area contributed by atoms with Crippen molar-refractivity contribution in [2.24, 2.45) is 16.1 Å². The fourth-order valence-corrected chi connectivity index (χ4v) is 2.11. The summed E-state index contributed by atoms with van der Waals surface area (Å²) in [4.78, 5) is 15.9. The van der Waals surface area contributed by atoms with Gasteiger partial charge in [-0.3, -0.25) is 9.79 Å². The molecule has 1 amide bonds. The van der Waals surface area contributed by atoms with Gasteiger partial charge in [-0.25, -0.2) is 0 Å². The molecule has 0 bridgehead atoms. The molecule has 0 radical (unpaired) electrons. The van der Waals surface area contributed by atoms with Gasteiger partial charge in [0.2, 0.25) is 5.91 Å². The average Bonchev–Trinajstić information content (AvgIpc) is 2.52. The second-order valence-corrected chi connectivity index (χ2v) is 6.44. The lowest BCUT2D eigenvalue weighted by atomic mass is 9.93. The zero-order valence-electron chi connectivity index (χ0n) is 15.8. The molecular weight excluding hydrogens is 431 g/mol. The number of hydrogen-bond donors (Lipinski definition) is 3. The summed E-state index contributed by atoms with van der Waals surface area (Å²) >= 11 is 0. The highest BCUT2D eigenvalue weighted by Crippen LogP contribution is 2.19. The Morgan fingerprint density at radius 3 is 2.56 bits per heavy atom. The second kappa shape index (κ2) is 11.2. The van der Waals surface area contributed by atoms with Crippen molar-refractivity contribution in [3.8, 4) is 5.75 Å². The minimum atomic E-state index is -0.665. The van der Waals surface area contributed by atoms with Crippen molar-refractivity contribution in [1.29, 1.82) is 0 Å². The standard InChI is InChI=1S/C18H30N4O2.HI/c1-6-20-17(22-12-18(3,4)16(19)23)21-10-9-14-11-13(2)7-8-15(14)24-5;/h7-8,11H,6,9-10,12H2,1-5H3,(H2,19,23)(H2,20,21,22);1H. The molecule has 0 saturated heterocycles. The highest BCUT2D eigenvalue weighted by atomic mass is 127. The van der Waals surface area contributed by atoms with Gasteiger partial charge in [-0.15, -0.1) is 24.0 Å². The summed E-state index contributed by atoms with van der Waals surface area (Å²) in [5.74, 6) is 1.21. The van der Waals surface area contributed by atoms with Gasteiger partial charge in [0.05, 0.1) is 19.1 Å². The summed E-state index contributed by atoms with van der Waals surface area (Å²) in [6, 6.07) is 6.15. The van der Waals surface area contributed by atoms with Crippen LogP contribution in [0, 0.1) is 12.3 Å². The highest BCUT2D eigenvalue weighted by Gasteiger charge is 2.24. The maximum absolute atomic E-state index is 11.4. The molecule has 0 heterocycles. The SMILES string of the molecule is CCNC(=NCC(C)(C)C(N)=O)NCCc1cc(C)ccc1OC.I. The summed E-state index contributed by atoms with van der Waals surface area (Å²) in [6.07, 6.45) is 0.814. The molecule has 0 spiro atoms. The first kappa shape index (κ1) is 23.5. The number of guanidine groups is 1. The monoisotopic (exact) mass is 462 g/mol. The van der Waals surface area contributed by atoms with E-state index in [0.29, 0.717) is 19.0 Å². The smallest absolute Gasteiger partial charge is 0.224 e. The summed E-state index contributed by atoms with van der Waals surface area (Å²) in [5.41, 5.74) is 7.08. The van der Waals surface area contributed by atoms with Crippen LogP contribution in [0.15, 0.2) is 23.2 Å².